The lowest BCUT2D eigenvalue weighted by molar-refractivity contribution is -0.125. The van der Waals surface area contributed by atoms with Crippen molar-refractivity contribution in [2.24, 2.45) is 11.7 Å². The van der Waals surface area contributed by atoms with Gasteiger partial charge < -0.3 is 10.5 Å². The van der Waals surface area contributed by atoms with Crippen LogP contribution in [0.2, 0.25) is 0 Å². The van der Waals surface area contributed by atoms with Crippen LogP contribution in [-0.2, 0) is 19.6 Å². The van der Waals surface area contributed by atoms with Gasteiger partial charge in [-0.1, -0.05) is 0 Å². The molecule has 0 bridgehead atoms. The monoisotopic (exact) mass is 290 g/mol. The van der Waals surface area contributed by atoms with Crippen molar-refractivity contribution >= 4 is 15.8 Å². The van der Waals surface area contributed by atoms with Crippen LogP contribution in [0.1, 0.15) is 25.7 Å². The van der Waals surface area contributed by atoms with Crippen molar-refractivity contribution in [3.63, 3.8) is 0 Å². The number of rotatable bonds is 4. The number of nitrogens with zero attached hydrogens (tertiary/aromatic N) is 1. The average Bonchev–Trinajstić information content (AvgIpc) is 2.77. The van der Waals surface area contributed by atoms with Gasteiger partial charge in [-0.25, -0.2) is 12.7 Å². The van der Waals surface area contributed by atoms with Crippen molar-refractivity contribution in [1.82, 2.24) is 4.31 Å². The highest BCUT2D eigenvalue weighted by molar-refractivity contribution is 7.88. The zero-order chi connectivity index (χ0) is 14.1. The average molecular weight is 290 g/mol. The number of carbonyl (C=O) groups excluding carboxylic acids is 1. The molecular weight excluding hydrogens is 268 g/mol. The SMILES string of the molecule is CS(=O)(=O)N1CCCC(CC(=O)C2(N)CCOC2)C1. The van der Waals surface area contributed by atoms with E-state index in [1.807, 2.05) is 0 Å². The van der Waals surface area contributed by atoms with Crippen LogP contribution in [0.15, 0.2) is 0 Å². The summed E-state index contributed by atoms with van der Waals surface area (Å²) in [5.41, 5.74) is 5.18. The third-order valence-electron chi connectivity index (χ3n) is 4.03. The minimum absolute atomic E-state index is 0.00495. The van der Waals surface area contributed by atoms with Crippen LogP contribution in [-0.4, -0.2) is 56.6 Å². The second-order valence-electron chi connectivity index (χ2n) is 5.72. The second kappa shape index (κ2) is 5.47. The van der Waals surface area contributed by atoms with E-state index in [0.717, 1.165) is 12.8 Å². The molecule has 7 heteroatoms. The van der Waals surface area contributed by atoms with Crippen molar-refractivity contribution in [1.29, 1.82) is 0 Å². The van der Waals surface area contributed by atoms with Gasteiger partial charge in [-0.2, -0.15) is 0 Å². The summed E-state index contributed by atoms with van der Waals surface area (Å²) in [6.45, 7) is 1.80. The summed E-state index contributed by atoms with van der Waals surface area (Å²) >= 11 is 0. The Balaban J connectivity index is 1.94. The van der Waals surface area contributed by atoms with Crippen molar-refractivity contribution in [3.8, 4) is 0 Å². The van der Waals surface area contributed by atoms with E-state index >= 15 is 0 Å². The molecule has 0 aliphatic carbocycles. The Morgan fingerprint density at radius 3 is 2.84 bits per heavy atom. The lowest BCUT2D eigenvalue weighted by Crippen LogP contribution is -2.50. The van der Waals surface area contributed by atoms with E-state index in [-0.39, 0.29) is 18.3 Å². The number of Topliss-reactive ketones (excluding diaryl/α,β-unsaturated/α-hetero) is 1. The van der Waals surface area contributed by atoms with Gasteiger partial charge >= 0.3 is 0 Å². The maximum atomic E-state index is 12.2. The quantitative estimate of drug-likeness (QED) is 0.770. The number of ether oxygens (including phenoxy) is 1. The van der Waals surface area contributed by atoms with Crippen LogP contribution in [0.4, 0.5) is 0 Å². The molecule has 110 valence electrons. The van der Waals surface area contributed by atoms with E-state index in [0.29, 0.717) is 32.5 Å². The van der Waals surface area contributed by atoms with Gasteiger partial charge in [0.2, 0.25) is 10.0 Å². The highest BCUT2D eigenvalue weighted by Gasteiger charge is 2.39. The van der Waals surface area contributed by atoms with Crippen molar-refractivity contribution < 1.29 is 17.9 Å². The zero-order valence-corrected chi connectivity index (χ0v) is 12.1. The molecule has 2 rings (SSSR count). The maximum absolute atomic E-state index is 12.2. The smallest absolute Gasteiger partial charge is 0.211 e. The molecule has 2 saturated heterocycles. The van der Waals surface area contributed by atoms with Crippen molar-refractivity contribution in [2.75, 3.05) is 32.6 Å². The highest BCUT2D eigenvalue weighted by Crippen LogP contribution is 2.26. The van der Waals surface area contributed by atoms with Crippen LogP contribution in [0.25, 0.3) is 0 Å². The number of hydrogen-bond acceptors (Lipinski definition) is 5. The van der Waals surface area contributed by atoms with Gasteiger partial charge in [0, 0.05) is 26.1 Å². The molecule has 0 aromatic carbocycles. The normalized spacial score (nSPS) is 33.5. The van der Waals surface area contributed by atoms with E-state index in [1.165, 1.54) is 10.6 Å². The van der Waals surface area contributed by atoms with Crippen LogP contribution < -0.4 is 5.73 Å². The lowest BCUT2D eigenvalue weighted by Gasteiger charge is -2.32. The molecule has 2 aliphatic rings. The minimum atomic E-state index is -3.16. The van der Waals surface area contributed by atoms with Crippen molar-refractivity contribution in [2.45, 2.75) is 31.2 Å². The number of sulfonamides is 1. The molecule has 2 heterocycles. The molecule has 2 fully saturated rings. The predicted molar refractivity (Wildman–Crippen MR) is 71.1 cm³/mol. The summed E-state index contributed by atoms with van der Waals surface area (Å²) in [5.74, 6) is 0.0855. The van der Waals surface area contributed by atoms with Crippen LogP contribution >= 0.6 is 0 Å². The van der Waals surface area contributed by atoms with Gasteiger partial charge in [0.05, 0.1) is 12.9 Å². The van der Waals surface area contributed by atoms with Gasteiger partial charge in [-0.3, -0.25) is 4.79 Å². The number of hydrogen-bond donors (Lipinski definition) is 1. The van der Waals surface area contributed by atoms with E-state index < -0.39 is 15.6 Å². The molecule has 0 radical (unpaired) electrons. The van der Waals surface area contributed by atoms with E-state index in [2.05, 4.69) is 0 Å². The minimum Gasteiger partial charge on any atom is -0.379 e. The first-order valence-corrected chi connectivity index (χ1v) is 8.51. The number of ketones is 1. The van der Waals surface area contributed by atoms with Crippen molar-refractivity contribution in [3.05, 3.63) is 0 Å². The Hall–Kier alpha value is -0.500. The Kier molecular flexibility index (Phi) is 4.29. The van der Waals surface area contributed by atoms with E-state index in [1.54, 1.807) is 0 Å². The van der Waals surface area contributed by atoms with E-state index in [4.69, 9.17) is 10.5 Å². The Bertz CT molecular complexity index is 443. The summed E-state index contributed by atoms with van der Waals surface area (Å²) in [4.78, 5) is 12.2. The molecular formula is C12H22N2O4S. The summed E-state index contributed by atoms with van der Waals surface area (Å²) < 4.78 is 29.7. The molecule has 0 amide bonds. The lowest BCUT2D eigenvalue weighted by atomic mass is 9.85. The summed E-state index contributed by atoms with van der Waals surface area (Å²) in [5, 5.41) is 0. The van der Waals surface area contributed by atoms with Crippen LogP contribution in [0, 0.1) is 5.92 Å². The highest BCUT2D eigenvalue weighted by atomic mass is 32.2. The zero-order valence-electron chi connectivity index (χ0n) is 11.3. The number of carbonyl (C=O) groups is 1. The second-order valence-corrected chi connectivity index (χ2v) is 7.70. The Morgan fingerprint density at radius 1 is 1.53 bits per heavy atom. The van der Waals surface area contributed by atoms with Gasteiger partial charge in [-0.15, -0.1) is 0 Å². The third kappa shape index (κ3) is 3.53. The Labute approximate surface area is 114 Å². The molecule has 2 unspecified atom stereocenters. The first-order valence-electron chi connectivity index (χ1n) is 6.66. The molecule has 2 atom stereocenters. The Morgan fingerprint density at radius 2 is 2.26 bits per heavy atom. The van der Waals surface area contributed by atoms with Crippen LogP contribution in [0.5, 0.6) is 0 Å². The third-order valence-corrected chi connectivity index (χ3v) is 5.30. The molecule has 2 aliphatic heterocycles. The van der Waals surface area contributed by atoms with Gasteiger partial charge in [0.15, 0.2) is 5.78 Å². The molecule has 0 spiro atoms. The van der Waals surface area contributed by atoms with Crippen LogP contribution in [0.3, 0.4) is 0 Å². The van der Waals surface area contributed by atoms with Gasteiger partial charge in [0.25, 0.3) is 0 Å². The van der Waals surface area contributed by atoms with Gasteiger partial charge in [-0.05, 0) is 25.2 Å². The summed E-state index contributed by atoms with van der Waals surface area (Å²) in [6.07, 6.45) is 3.82. The summed E-state index contributed by atoms with van der Waals surface area (Å²) in [6, 6.07) is 0. The largest absolute Gasteiger partial charge is 0.379 e. The molecule has 2 N–H and O–H groups in total. The fraction of sp³-hybridized carbons (Fsp3) is 0.917. The molecule has 0 saturated carbocycles. The first-order chi connectivity index (χ1) is 8.81. The summed E-state index contributed by atoms with van der Waals surface area (Å²) in [7, 11) is -3.16. The predicted octanol–water partition coefficient (Wildman–Crippen LogP) is -0.265. The number of nitrogens with two attached hydrogens (primary N) is 1. The molecule has 19 heavy (non-hydrogen) atoms. The topological polar surface area (TPSA) is 89.7 Å². The standard InChI is InChI=1S/C12H22N2O4S/c1-19(16,17)14-5-2-3-10(8-14)7-11(15)12(13)4-6-18-9-12/h10H,2-9,13H2,1H3. The maximum Gasteiger partial charge on any atom is 0.211 e. The fourth-order valence-electron chi connectivity index (χ4n) is 2.76. The van der Waals surface area contributed by atoms with Gasteiger partial charge in [0.1, 0.15) is 5.54 Å². The molecule has 6 nitrogen and oxygen atoms in total. The first kappa shape index (κ1) is 14.9. The fourth-order valence-corrected chi connectivity index (χ4v) is 3.70. The molecule has 0 aromatic heterocycles. The number of piperidine rings is 1. The van der Waals surface area contributed by atoms with E-state index in [9.17, 15) is 13.2 Å². The molecule has 0 aromatic rings.